The highest BCUT2D eigenvalue weighted by molar-refractivity contribution is 5.98. The van der Waals surface area contributed by atoms with Crippen LogP contribution >= 0.6 is 0 Å². The Kier molecular flexibility index (Phi) is 5.14. The highest BCUT2D eigenvalue weighted by Gasteiger charge is 2.31. The summed E-state index contributed by atoms with van der Waals surface area (Å²) < 4.78 is 5.28. The minimum atomic E-state index is -0.727. The summed E-state index contributed by atoms with van der Waals surface area (Å²) in [4.78, 5) is 14.3. The van der Waals surface area contributed by atoms with E-state index in [2.05, 4.69) is 0 Å². The molecule has 1 heterocycles. The Morgan fingerprint density at radius 1 is 1.33 bits per heavy atom. The first-order chi connectivity index (χ1) is 9.89. The van der Waals surface area contributed by atoms with Gasteiger partial charge in [0.15, 0.2) is 5.78 Å². The number of rotatable bonds is 5. The van der Waals surface area contributed by atoms with E-state index in [9.17, 15) is 9.90 Å². The van der Waals surface area contributed by atoms with Crippen LogP contribution in [0.3, 0.4) is 0 Å². The third-order valence-electron chi connectivity index (χ3n) is 4.08. The van der Waals surface area contributed by atoms with Crippen molar-refractivity contribution in [3.63, 3.8) is 0 Å². The molecule has 0 aliphatic carbocycles. The second-order valence-corrected chi connectivity index (χ2v) is 6.25. The van der Waals surface area contributed by atoms with Gasteiger partial charge in [-0.1, -0.05) is 23.8 Å². The first kappa shape index (κ1) is 16.1. The van der Waals surface area contributed by atoms with E-state index in [-0.39, 0.29) is 5.78 Å². The number of ether oxygens (including phenoxy) is 1. The number of benzene rings is 1. The molecule has 0 spiro atoms. The largest absolute Gasteiger partial charge is 0.388 e. The van der Waals surface area contributed by atoms with Crippen molar-refractivity contribution in [3.8, 4) is 0 Å². The highest BCUT2D eigenvalue weighted by Crippen LogP contribution is 2.21. The van der Waals surface area contributed by atoms with Gasteiger partial charge in [0, 0.05) is 38.2 Å². The van der Waals surface area contributed by atoms with Crippen molar-refractivity contribution in [2.45, 2.75) is 32.3 Å². The summed E-state index contributed by atoms with van der Waals surface area (Å²) in [6.45, 7) is 6.01. The summed E-state index contributed by atoms with van der Waals surface area (Å²) in [6, 6.07) is 5.88. The number of likely N-dealkylation sites (N-methyl/N-ethyl adjacent to an activating group) is 1. The zero-order chi connectivity index (χ0) is 15.5. The average molecular weight is 291 g/mol. The molecule has 1 saturated heterocycles. The predicted octanol–water partition coefficient (Wildman–Crippen LogP) is 1.96. The Bertz CT molecular complexity index is 507. The molecule has 1 aromatic carbocycles. The molecule has 4 heteroatoms. The zero-order valence-corrected chi connectivity index (χ0v) is 13.2. The molecule has 0 saturated carbocycles. The van der Waals surface area contributed by atoms with Gasteiger partial charge in [-0.15, -0.1) is 0 Å². The Morgan fingerprint density at radius 2 is 2.00 bits per heavy atom. The van der Waals surface area contributed by atoms with Crippen LogP contribution < -0.4 is 0 Å². The van der Waals surface area contributed by atoms with Crippen LogP contribution in [0, 0.1) is 13.8 Å². The first-order valence-electron chi connectivity index (χ1n) is 7.49. The lowest BCUT2D eigenvalue weighted by molar-refractivity contribution is -0.0758. The maximum absolute atomic E-state index is 12.4. The summed E-state index contributed by atoms with van der Waals surface area (Å²) in [5.74, 6) is 0.102. The van der Waals surface area contributed by atoms with Gasteiger partial charge in [0.2, 0.25) is 0 Å². The maximum Gasteiger partial charge on any atom is 0.177 e. The summed E-state index contributed by atoms with van der Waals surface area (Å²) >= 11 is 0. The Balaban J connectivity index is 1.95. The van der Waals surface area contributed by atoms with Crippen LogP contribution in [0.25, 0.3) is 0 Å². The van der Waals surface area contributed by atoms with Crippen LogP contribution in [0.1, 0.15) is 34.3 Å². The molecule has 1 N–H and O–H groups in total. The standard InChI is InChI=1S/C17H25NO3/c1-13-4-5-15(14(2)10-13)16(19)11-18(3)12-17(20)6-8-21-9-7-17/h4-5,10,20H,6-9,11-12H2,1-3H3. The molecule has 116 valence electrons. The summed E-state index contributed by atoms with van der Waals surface area (Å²) in [5.41, 5.74) is 2.22. The lowest BCUT2D eigenvalue weighted by Gasteiger charge is -2.35. The molecule has 1 fully saturated rings. The van der Waals surface area contributed by atoms with Crippen molar-refractivity contribution in [1.29, 1.82) is 0 Å². The molecule has 4 nitrogen and oxygen atoms in total. The molecule has 0 unspecified atom stereocenters. The SMILES string of the molecule is Cc1ccc(C(=O)CN(C)CC2(O)CCOCC2)c(C)c1. The van der Waals surface area contributed by atoms with Gasteiger partial charge >= 0.3 is 0 Å². The van der Waals surface area contributed by atoms with E-state index in [0.717, 1.165) is 16.7 Å². The third kappa shape index (κ3) is 4.37. The topological polar surface area (TPSA) is 49.8 Å². The molecule has 0 radical (unpaired) electrons. The Hall–Kier alpha value is -1.23. The number of aryl methyl sites for hydroxylation is 2. The van der Waals surface area contributed by atoms with Crippen LogP contribution in [0.4, 0.5) is 0 Å². The fourth-order valence-electron chi connectivity index (χ4n) is 2.92. The van der Waals surface area contributed by atoms with Crippen molar-refractivity contribution >= 4 is 5.78 Å². The number of carbonyl (C=O) groups is 1. The number of hydrogen-bond donors (Lipinski definition) is 1. The average Bonchev–Trinajstić information content (AvgIpc) is 2.38. The maximum atomic E-state index is 12.4. The summed E-state index contributed by atoms with van der Waals surface area (Å²) in [7, 11) is 1.88. The van der Waals surface area contributed by atoms with Crippen LogP contribution in [0.5, 0.6) is 0 Å². The van der Waals surface area contributed by atoms with E-state index in [0.29, 0.717) is 39.1 Å². The molecule has 21 heavy (non-hydrogen) atoms. The van der Waals surface area contributed by atoms with Crippen molar-refractivity contribution in [3.05, 3.63) is 34.9 Å². The van der Waals surface area contributed by atoms with E-state index in [1.54, 1.807) is 0 Å². The fourth-order valence-corrected chi connectivity index (χ4v) is 2.92. The predicted molar refractivity (Wildman–Crippen MR) is 82.7 cm³/mol. The molecule has 0 amide bonds. The van der Waals surface area contributed by atoms with Crippen molar-refractivity contribution in [2.75, 3.05) is 33.4 Å². The molecule has 0 atom stereocenters. The molecular formula is C17H25NO3. The van der Waals surface area contributed by atoms with Gasteiger partial charge in [-0.25, -0.2) is 0 Å². The zero-order valence-electron chi connectivity index (χ0n) is 13.2. The smallest absolute Gasteiger partial charge is 0.177 e. The second kappa shape index (κ2) is 6.69. The van der Waals surface area contributed by atoms with Gasteiger partial charge < -0.3 is 9.84 Å². The van der Waals surface area contributed by atoms with E-state index in [4.69, 9.17) is 4.74 Å². The molecule has 1 aliphatic rings. The summed E-state index contributed by atoms with van der Waals surface area (Å²) in [5, 5.41) is 10.5. The van der Waals surface area contributed by atoms with Crippen molar-refractivity contribution in [2.24, 2.45) is 0 Å². The normalized spacial score (nSPS) is 18.0. The lowest BCUT2D eigenvalue weighted by Crippen LogP contribution is -2.46. The quantitative estimate of drug-likeness (QED) is 0.843. The van der Waals surface area contributed by atoms with Crippen LogP contribution in [0.2, 0.25) is 0 Å². The number of nitrogens with zero attached hydrogens (tertiary/aromatic N) is 1. The molecular weight excluding hydrogens is 266 g/mol. The Labute approximate surface area is 126 Å². The minimum absolute atomic E-state index is 0.102. The third-order valence-corrected chi connectivity index (χ3v) is 4.08. The lowest BCUT2D eigenvalue weighted by atomic mass is 9.93. The number of hydrogen-bond acceptors (Lipinski definition) is 4. The van der Waals surface area contributed by atoms with Gasteiger partial charge in [-0.3, -0.25) is 9.69 Å². The van der Waals surface area contributed by atoms with Gasteiger partial charge in [0.25, 0.3) is 0 Å². The van der Waals surface area contributed by atoms with Gasteiger partial charge in [-0.2, -0.15) is 0 Å². The molecule has 1 aromatic rings. The molecule has 0 aromatic heterocycles. The Morgan fingerprint density at radius 3 is 2.62 bits per heavy atom. The van der Waals surface area contributed by atoms with Gasteiger partial charge in [-0.05, 0) is 26.5 Å². The molecule has 1 aliphatic heterocycles. The van der Waals surface area contributed by atoms with Gasteiger partial charge in [0.1, 0.15) is 0 Å². The number of aliphatic hydroxyl groups is 1. The van der Waals surface area contributed by atoms with E-state index in [1.165, 1.54) is 0 Å². The van der Waals surface area contributed by atoms with Gasteiger partial charge in [0.05, 0.1) is 12.1 Å². The number of Topliss-reactive ketones (excluding diaryl/α,β-unsaturated/α-hetero) is 1. The summed E-state index contributed by atoms with van der Waals surface area (Å²) in [6.07, 6.45) is 1.27. The van der Waals surface area contributed by atoms with E-state index in [1.807, 2.05) is 44.0 Å². The van der Waals surface area contributed by atoms with Crippen molar-refractivity contribution in [1.82, 2.24) is 4.90 Å². The van der Waals surface area contributed by atoms with E-state index >= 15 is 0 Å². The molecule has 2 rings (SSSR count). The van der Waals surface area contributed by atoms with Crippen LogP contribution in [-0.2, 0) is 4.74 Å². The van der Waals surface area contributed by atoms with Crippen LogP contribution in [-0.4, -0.2) is 54.7 Å². The van der Waals surface area contributed by atoms with Crippen molar-refractivity contribution < 1.29 is 14.6 Å². The highest BCUT2D eigenvalue weighted by atomic mass is 16.5. The first-order valence-corrected chi connectivity index (χ1v) is 7.49. The fraction of sp³-hybridized carbons (Fsp3) is 0.588. The monoisotopic (exact) mass is 291 g/mol. The molecule has 0 bridgehead atoms. The minimum Gasteiger partial charge on any atom is -0.388 e. The number of carbonyl (C=O) groups excluding carboxylic acids is 1. The number of ketones is 1. The second-order valence-electron chi connectivity index (χ2n) is 6.25. The van der Waals surface area contributed by atoms with Crippen LogP contribution in [0.15, 0.2) is 18.2 Å². The van der Waals surface area contributed by atoms with E-state index < -0.39 is 5.60 Å².